The Bertz CT molecular complexity index is 461. The molecule has 0 aromatic carbocycles. The topological polar surface area (TPSA) is 75.2 Å². The first kappa shape index (κ1) is 20.0. The second-order valence-electron chi connectivity index (χ2n) is 7.32. The van der Waals surface area contributed by atoms with Gasteiger partial charge in [-0.15, -0.1) is 0 Å². The molecule has 144 valence electrons. The number of amides is 1. The molecule has 0 aliphatic carbocycles. The Kier molecular flexibility index (Phi) is 7.50. The van der Waals surface area contributed by atoms with E-state index in [0.29, 0.717) is 19.7 Å². The summed E-state index contributed by atoms with van der Waals surface area (Å²) in [7, 11) is 0. The van der Waals surface area contributed by atoms with Gasteiger partial charge in [0.15, 0.2) is 5.96 Å². The molecule has 0 radical (unpaired) electrons. The number of aliphatic imine (C=N–C) groups is 1. The van der Waals surface area contributed by atoms with Crippen molar-refractivity contribution in [2.24, 2.45) is 10.4 Å². The molecule has 0 saturated carbocycles. The summed E-state index contributed by atoms with van der Waals surface area (Å²) >= 11 is 0. The Morgan fingerprint density at radius 1 is 1.16 bits per heavy atom. The molecule has 7 nitrogen and oxygen atoms in total. The van der Waals surface area contributed by atoms with Crippen molar-refractivity contribution in [2.45, 2.75) is 52.7 Å². The van der Waals surface area contributed by atoms with Crippen LogP contribution in [-0.2, 0) is 14.3 Å². The molecule has 25 heavy (non-hydrogen) atoms. The average Bonchev–Trinajstić information content (AvgIpc) is 3.13. The van der Waals surface area contributed by atoms with Crippen molar-refractivity contribution >= 4 is 11.9 Å². The van der Waals surface area contributed by atoms with Crippen LogP contribution in [-0.4, -0.2) is 74.9 Å². The van der Waals surface area contributed by atoms with Crippen LogP contribution in [0.1, 0.15) is 40.5 Å². The van der Waals surface area contributed by atoms with Crippen LogP contribution in [0, 0.1) is 5.41 Å². The van der Waals surface area contributed by atoms with Gasteiger partial charge >= 0.3 is 0 Å². The van der Waals surface area contributed by atoms with E-state index in [0.717, 1.165) is 45.0 Å². The fraction of sp³-hybridized carbons (Fsp3) is 0.889. The van der Waals surface area contributed by atoms with Crippen LogP contribution in [0.2, 0.25) is 0 Å². The SMILES string of the molecule is CCNC(=O)C(C)(C)CN=C(NCC)N1CCOC(C2CCCO2)C1. The standard InChI is InChI=1S/C18H34N4O3/c1-5-19-16(23)18(3,4)13-21-17(20-6-2)22-9-11-25-15(12-22)14-8-7-10-24-14/h14-15H,5-13H2,1-4H3,(H,19,23)(H,20,21). The molecule has 1 amide bonds. The summed E-state index contributed by atoms with van der Waals surface area (Å²) in [6.45, 7) is 12.8. The molecular formula is C18H34N4O3. The van der Waals surface area contributed by atoms with Gasteiger partial charge in [0.25, 0.3) is 0 Å². The molecule has 0 spiro atoms. The fourth-order valence-corrected chi connectivity index (χ4v) is 3.16. The van der Waals surface area contributed by atoms with Crippen molar-refractivity contribution in [1.29, 1.82) is 0 Å². The van der Waals surface area contributed by atoms with Crippen molar-refractivity contribution in [3.05, 3.63) is 0 Å². The minimum Gasteiger partial charge on any atom is -0.375 e. The zero-order chi connectivity index (χ0) is 18.3. The molecule has 2 aliphatic heterocycles. The lowest BCUT2D eigenvalue weighted by molar-refractivity contribution is -0.128. The van der Waals surface area contributed by atoms with E-state index in [1.807, 2.05) is 20.8 Å². The number of nitrogens with zero attached hydrogens (tertiary/aromatic N) is 2. The summed E-state index contributed by atoms with van der Waals surface area (Å²) < 4.78 is 11.7. The van der Waals surface area contributed by atoms with Gasteiger partial charge in [0.1, 0.15) is 6.10 Å². The Balaban J connectivity index is 2.01. The van der Waals surface area contributed by atoms with Gasteiger partial charge in [-0.2, -0.15) is 0 Å². The molecule has 2 unspecified atom stereocenters. The van der Waals surface area contributed by atoms with E-state index in [1.54, 1.807) is 0 Å². The van der Waals surface area contributed by atoms with Gasteiger partial charge < -0.3 is 25.0 Å². The molecule has 2 atom stereocenters. The molecule has 2 N–H and O–H groups in total. The second kappa shape index (κ2) is 9.38. The second-order valence-corrected chi connectivity index (χ2v) is 7.32. The van der Waals surface area contributed by atoms with Crippen LogP contribution < -0.4 is 10.6 Å². The minimum atomic E-state index is -0.531. The van der Waals surface area contributed by atoms with Crippen molar-refractivity contribution in [3.8, 4) is 0 Å². The average molecular weight is 354 g/mol. The molecular weight excluding hydrogens is 320 g/mol. The number of carbonyl (C=O) groups is 1. The minimum absolute atomic E-state index is 0.0359. The summed E-state index contributed by atoms with van der Waals surface area (Å²) in [5.41, 5.74) is -0.531. The molecule has 2 rings (SSSR count). The monoisotopic (exact) mass is 354 g/mol. The Hall–Kier alpha value is -1.34. The smallest absolute Gasteiger partial charge is 0.227 e. The molecule has 0 aromatic heterocycles. The van der Waals surface area contributed by atoms with E-state index >= 15 is 0 Å². The Labute approximate surface area is 151 Å². The van der Waals surface area contributed by atoms with Crippen LogP contribution in [0.5, 0.6) is 0 Å². The Morgan fingerprint density at radius 3 is 2.52 bits per heavy atom. The lowest BCUT2D eigenvalue weighted by Crippen LogP contribution is -2.53. The number of morpholine rings is 1. The normalized spacial score (nSPS) is 25.1. The van der Waals surface area contributed by atoms with Gasteiger partial charge in [-0.1, -0.05) is 0 Å². The quantitative estimate of drug-likeness (QED) is 0.550. The summed E-state index contributed by atoms with van der Waals surface area (Å²) in [5, 5.41) is 6.24. The maximum Gasteiger partial charge on any atom is 0.227 e. The number of rotatable bonds is 6. The first-order chi connectivity index (χ1) is 12.0. The summed E-state index contributed by atoms with van der Waals surface area (Å²) in [6, 6.07) is 0. The zero-order valence-electron chi connectivity index (χ0n) is 16.1. The number of nitrogens with one attached hydrogen (secondary N) is 2. The third-order valence-corrected chi connectivity index (χ3v) is 4.68. The van der Waals surface area contributed by atoms with Crippen LogP contribution >= 0.6 is 0 Å². The van der Waals surface area contributed by atoms with Crippen LogP contribution in [0.3, 0.4) is 0 Å². The van der Waals surface area contributed by atoms with Crippen molar-refractivity contribution in [1.82, 2.24) is 15.5 Å². The number of hydrogen-bond donors (Lipinski definition) is 2. The first-order valence-electron chi connectivity index (χ1n) is 9.52. The van der Waals surface area contributed by atoms with Gasteiger partial charge in [0.05, 0.1) is 24.7 Å². The fourth-order valence-electron chi connectivity index (χ4n) is 3.16. The van der Waals surface area contributed by atoms with Crippen LogP contribution in [0.4, 0.5) is 0 Å². The highest BCUT2D eigenvalue weighted by Gasteiger charge is 2.33. The summed E-state index contributed by atoms with van der Waals surface area (Å²) in [6.07, 6.45) is 2.46. The third kappa shape index (κ3) is 5.57. The van der Waals surface area contributed by atoms with E-state index in [4.69, 9.17) is 14.5 Å². The summed E-state index contributed by atoms with van der Waals surface area (Å²) in [5.74, 6) is 0.889. The van der Waals surface area contributed by atoms with Crippen LogP contribution in [0.25, 0.3) is 0 Å². The highest BCUT2D eigenvalue weighted by Crippen LogP contribution is 2.21. The van der Waals surface area contributed by atoms with Gasteiger partial charge in [-0.05, 0) is 40.5 Å². The van der Waals surface area contributed by atoms with Crippen molar-refractivity contribution in [3.63, 3.8) is 0 Å². The maximum atomic E-state index is 12.2. The first-order valence-corrected chi connectivity index (χ1v) is 9.52. The predicted molar refractivity (Wildman–Crippen MR) is 98.7 cm³/mol. The lowest BCUT2D eigenvalue weighted by Gasteiger charge is -2.37. The Morgan fingerprint density at radius 2 is 1.88 bits per heavy atom. The van der Waals surface area contributed by atoms with E-state index in [-0.39, 0.29) is 18.1 Å². The molecule has 0 aromatic rings. The van der Waals surface area contributed by atoms with Crippen molar-refractivity contribution < 1.29 is 14.3 Å². The molecule has 2 heterocycles. The van der Waals surface area contributed by atoms with Crippen LogP contribution in [0.15, 0.2) is 4.99 Å². The lowest BCUT2D eigenvalue weighted by atomic mass is 9.92. The third-order valence-electron chi connectivity index (χ3n) is 4.68. The number of carbonyl (C=O) groups excluding carboxylic acids is 1. The van der Waals surface area contributed by atoms with Gasteiger partial charge in [0, 0.05) is 32.8 Å². The highest BCUT2D eigenvalue weighted by atomic mass is 16.5. The van der Waals surface area contributed by atoms with E-state index in [9.17, 15) is 4.79 Å². The van der Waals surface area contributed by atoms with E-state index in [2.05, 4.69) is 22.5 Å². The molecule has 2 fully saturated rings. The maximum absolute atomic E-state index is 12.2. The number of hydrogen-bond acceptors (Lipinski definition) is 4. The van der Waals surface area contributed by atoms with Gasteiger partial charge in [-0.25, -0.2) is 0 Å². The molecule has 2 aliphatic rings. The van der Waals surface area contributed by atoms with E-state index in [1.165, 1.54) is 0 Å². The largest absolute Gasteiger partial charge is 0.375 e. The molecule has 7 heteroatoms. The van der Waals surface area contributed by atoms with Crippen molar-refractivity contribution in [2.75, 3.05) is 45.9 Å². The predicted octanol–water partition coefficient (Wildman–Crippen LogP) is 0.994. The molecule has 2 saturated heterocycles. The van der Waals surface area contributed by atoms with Gasteiger partial charge in [0.2, 0.25) is 5.91 Å². The highest BCUT2D eigenvalue weighted by molar-refractivity contribution is 5.83. The zero-order valence-corrected chi connectivity index (χ0v) is 16.1. The number of guanidine groups is 1. The number of ether oxygens (including phenoxy) is 2. The van der Waals surface area contributed by atoms with E-state index < -0.39 is 5.41 Å². The van der Waals surface area contributed by atoms with Gasteiger partial charge in [-0.3, -0.25) is 9.79 Å². The summed E-state index contributed by atoms with van der Waals surface area (Å²) in [4.78, 5) is 19.2. The molecule has 0 bridgehead atoms.